The molecule has 2 aromatic rings. The molecule has 5 heteroatoms. The van der Waals surface area contributed by atoms with Crippen LogP contribution in [0.4, 0.5) is 0 Å². The zero-order valence-electron chi connectivity index (χ0n) is 13.6. The Morgan fingerprint density at radius 3 is 2.50 bits per heavy atom. The lowest BCUT2D eigenvalue weighted by molar-refractivity contribution is -0.122. The summed E-state index contributed by atoms with van der Waals surface area (Å²) in [7, 11) is 0. The van der Waals surface area contributed by atoms with Crippen LogP contribution in [0, 0.1) is 12.8 Å². The van der Waals surface area contributed by atoms with Crippen LogP contribution in [0.15, 0.2) is 28.7 Å². The number of rotatable bonds is 6. The van der Waals surface area contributed by atoms with Crippen LogP contribution in [-0.4, -0.2) is 22.1 Å². The number of carbonyl (C=O) groups is 1. The van der Waals surface area contributed by atoms with E-state index in [2.05, 4.69) is 29.4 Å². The van der Waals surface area contributed by atoms with Gasteiger partial charge in [0.25, 0.3) is 0 Å². The molecule has 0 saturated heterocycles. The van der Waals surface area contributed by atoms with Gasteiger partial charge in [0.2, 0.25) is 17.7 Å². The van der Waals surface area contributed by atoms with Gasteiger partial charge in [-0.3, -0.25) is 4.79 Å². The monoisotopic (exact) mass is 301 g/mol. The maximum atomic E-state index is 11.8. The lowest BCUT2D eigenvalue weighted by Gasteiger charge is -2.16. The molecular formula is C17H23N3O2. The molecule has 1 heterocycles. The van der Waals surface area contributed by atoms with E-state index in [-0.39, 0.29) is 11.9 Å². The lowest BCUT2D eigenvalue weighted by Crippen LogP contribution is -2.36. The Kier molecular flexibility index (Phi) is 5.31. The normalized spacial score (nSPS) is 12.4. The van der Waals surface area contributed by atoms with E-state index in [0.29, 0.717) is 30.5 Å². The second kappa shape index (κ2) is 7.20. The molecule has 1 aromatic heterocycles. The van der Waals surface area contributed by atoms with E-state index in [4.69, 9.17) is 4.42 Å². The maximum Gasteiger partial charge on any atom is 0.247 e. The Labute approximate surface area is 131 Å². The summed E-state index contributed by atoms with van der Waals surface area (Å²) in [6, 6.07) is 8.06. The molecule has 5 nitrogen and oxygen atoms in total. The number of aromatic nitrogens is 2. The number of nitrogens with one attached hydrogen (secondary N) is 1. The van der Waals surface area contributed by atoms with Gasteiger partial charge in [-0.2, -0.15) is 0 Å². The quantitative estimate of drug-likeness (QED) is 0.890. The van der Waals surface area contributed by atoms with E-state index in [1.165, 1.54) is 5.56 Å². The van der Waals surface area contributed by atoms with Gasteiger partial charge in [-0.15, -0.1) is 10.2 Å². The molecular weight excluding hydrogens is 278 g/mol. The summed E-state index contributed by atoms with van der Waals surface area (Å²) in [5.74, 6) is 1.41. The highest BCUT2D eigenvalue weighted by Crippen LogP contribution is 2.18. The van der Waals surface area contributed by atoms with E-state index in [9.17, 15) is 4.79 Å². The third-order valence-corrected chi connectivity index (χ3v) is 3.72. The van der Waals surface area contributed by atoms with Gasteiger partial charge in [-0.05, 0) is 31.9 Å². The SMILES string of the molecule is Cc1ccc(-c2nnc(CCC(=O)NC(C)C(C)C)o2)cc1. The summed E-state index contributed by atoms with van der Waals surface area (Å²) in [4.78, 5) is 11.8. The fourth-order valence-corrected chi connectivity index (χ4v) is 1.88. The predicted molar refractivity (Wildman–Crippen MR) is 85.2 cm³/mol. The second-order valence-corrected chi connectivity index (χ2v) is 5.97. The van der Waals surface area contributed by atoms with Crippen molar-refractivity contribution in [3.63, 3.8) is 0 Å². The van der Waals surface area contributed by atoms with E-state index < -0.39 is 0 Å². The van der Waals surface area contributed by atoms with E-state index >= 15 is 0 Å². The summed E-state index contributed by atoms with van der Waals surface area (Å²) >= 11 is 0. The van der Waals surface area contributed by atoms with Crippen molar-refractivity contribution in [2.75, 3.05) is 0 Å². The number of amides is 1. The van der Waals surface area contributed by atoms with Gasteiger partial charge in [0.15, 0.2) is 0 Å². The summed E-state index contributed by atoms with van der Waals surface area (Å²) in [5, 5.41) is 11.0. The average Bonchev–Trinajstić information content (AvgIpc) is 2.94. The zero-order valence-corrected chi connectivity index (χ0v) is 13.6. The minimum atomic E-state index is 0.0104. The highest BCUT2D eigenvalue weighted by molar-refractivity contribution is 5.76. The van der Waals surface area contributed by atoms with E-state index in [1.807, 2.05) is 38.1 Å². The van der Waals surface area contributed by atoms with Crippen LogP contribution in [0.5, 0.6) is 0 Å². The maximum absolute atomic E-state index is 11.8. The Hall–Kier alpha value is -2.17. The van der Waals surface area contributed by atoms with Gasteiger partial charge < -0.3 is 9.73 Å². The third kappa shape index (κ3) is 4.41. The van der Waals surface area contributed by atoms with Crippen LogP contribution in [0.1, 0.15) is 38.6 Å². The first-order valence-electron chi connectivity index (χ1n) is 7.64. The molecule has 0 saturated carbocycles. The standard InChI is InChI=1S/C17H23N3O2/c1-11(2)13(4)18-15(21)9-10-16-19-20-17(22-16)14-7-5-12(3)6-8-14/h5-8,11,13H,9-10H2,1-4H3,(H,18,21). The minimum absolute atomic E-state index is 0.0104. The molecule has 0 radical (unpaired) electrons. The van der Waals surface area contributed by atoms with E-state index in [1.54, 1.807) is 0 Å². The molecule has 1 N–H and O–H groups in total. The molecule has 1 unspecified atom stereocenters. The lowest BCUT2D eigenvalue weighted by atomic mass is 10.1. The fourth-order valence-electron chi connectivity index (χ4n) is 1.88. The van der Waals surface area contributed by atoms with Crippen molar-refractivity contribution < 1.29 is 9.21 Å². The Morgan fingerprint density at radius 2 is 1.86 bits per heavy atom. The third-order valence-electron chi connectivity index (χ3n) is 3.72. The molecule has 118 valence electrons. The Morgan fingerprint density at radius 1 is 1.18 bits per heavy atom. The van der Waals surface area contributed by atoms with Gasteiger partial charge in [0.05, 0.1) is 0 Å². The van der Waals surface area contributed by atoms with Crippen molar-refractivity contribution in [1.29, 1.82) is 0 Å². The van der Waals surface area contributed by atoms with Crippen LogP contribution in [0.2, 0.25) is 0 Å². The van der Waals surface area contributed by atoms with Crippen molar-refractivity contribution in [3.8, 4) is 11.5 Å². The van der Waals surface area contributed by atoms with Crippen molar-refractivity contribution in [2.45, 2.75) is 46.6 Å². The number of carbonyl (C=O) groups excluding carboxylic acids is 1. The molecule has 0 spiro atoms. The first-order chi connectivity index (χ1) is 10.5. The van der Waals surface area contributed by atoms with Gasteiger partial charge in [-0.1, -0.05) is 31.5 Å². The Balaban J connectivity index is 1.90. The number of benzene rings is 1. The molecule has 2 rings (SSSR count). The van der Waals surface area contributed by atoms with Gasteiger partial charge in [0.1, 0.15) is 0 Å². The molecule has 1 aromatic carbocycles. The zero-order chi connectivity index (χ0) is 16.1. The fraction of sp³-hybridized carbons (Fsp3) is 0.471. The molecule has 0 aliphatic heterocycles. The highest BCUT2D eigenvalue weighted by atomic mass is 16.4. The van der Waals surface area contributed by atoms with Gasteiger partial charge in [0, 0.05) is 24.4 Å². The smallest absolute Gasteiger partial charge is 0.247 e. The van der Waals surface area contributed by atoms with Crippen molar-refractivity contribution >= 4 is 5.91 Å². The van der Waals surface area contributed by atoms with Crippen LogP contribution in [-0.2, 0) is 11.2 Å². The van der Waals surface area contributed by atoms with Crippen molar-refractivity contribution in [1.82, 2.24) is 15.5 Å². The van der Waals surface area contributed by atoms with Crippen LogP contribution in [0.25, 0.3) is 11.5 Å². The molecule has 0 aliphatic rings. The predicted octanol–water partition coefficient (Wildman–Crippen LogP) is 3.14. The van der Waals surface area contributed by atoms with Crippen molar-refractivity contribution in [2.24, 2.45) is 5.92 Å². The molecule has 0 bridgehead atoms. The summed E-state index contributed by atoms with van der Waals surface area (Å²) in [5.41, 5.74) is 2.07. The first-order valence-corrected chi connectivity index (χ1v) is 7.64. The van der Waals surface area contributed by atoms with Crippen LogP contribution in [0.3, 0.4) is 0 Å². The summed E-state index contributed by atoms with van der Waals surface area (Å²) in [6.07, 6.45) is 0.808. The highest BCUT2D eigenvalue weighted by Gasteiger charge is 2.13. The second-order valence-electron chi connectivity index (χ2n) is 5.97. The molecule has 1 atom stereocenters. The van der Waals surface area contributed by atoms with E-state index in [0.717, 1.165) is 5.56 Å². The van der Waals surface area contributed by atoms with Crippen LogP contribution >= 0.6 is 0 Å². The molecule has 0 fully saturated rings. The topological polar surface area (TPSA) is 68.0 Å². The van der Waals surface area contributed by atoms with Crippen LogP contribution < -0.4 is 5.32 Å². The molecule has 1 amide bonds. The number of nitrogens with zero attached hydrogens (tertiary/aromatic N) is 2. The number of aryl methyl sites for hydroxylation is 2. The average molecular weight is 301 g/mol. The largest absolute Gasteiger partial charge is 0.421 e. The number of hydrogen-bond acceptors (Lipinski definition) is 4. The summed E-state index contributed by atoms with van der Waals surface area (Å²) < 4.78 is 5.61. The summed E-state index contributed by atoms with van der Waals surface area (Å²) in [6.45, 7) is 8.19. The molecule has 22 heavy (non-hydrogen) atoms. The van der Waals surface area contributed by atoms with Gasteiger partial charge >= 0.3 is 0 Å². The first kappa shape index (κ1) is 16.2. The van der Waals surface area contributed by atoms with Crippen molar-refractivity contribution in [3.05, 3.63) is 35.7 Å². The Bertz CT molecular complexity index is 617. The van der Waals surface area contributed by atoms with Gasteiger partial charge in [-0.25, -0.2) is 0 Å². The molecule has 0 aliphatic carbocycles. The minimum Gasteiger partial charge on any atom is -0.421 e. The number of hydrogen-bond donors (Lipinski definition) is 1.